The fraction of sp³-hybridized carbons (Fsp3) is 0.625. The Hall–Kier alpha value is -0.610. The minimum atomic E-state index is 0.0848. The summed E-state index contributed by atoms with van der Waals surface area (Å²) in [5, 5.41) is 0.782. The highest BCUT2D eigenvalue weighted by molar-refractivity contribution is 6.30. The van der Waals surface area contributed by atoms with E-state index in [0.717, 1.165) is 18.1 Å². The van der Waals surface area contributed by atoms with E-state index in [4.69, 9.17) is 17.3 Å². The summed E-state index contributed by atoms with van der Waals surface area (Å²) in [5.41, 5.74) is 7.49. The molecule has 1 aliphatic rings. The number of benzene rings is 1. The van der Waals surface area contributed by atoms with Gasteiger partial charge in [0.15, 0.2) is 0 Å². The maximum Gasteiger partial charge on any atom is 0.0497 e. The molecule has 0 aliphatic carbocycles. The average Bonchev–Trinajstić information content (AvgIpc) is 2.71. The minimum absolute atomic E-state index is 0.0848. The molecule has 3 nitrogen and oxygen atoms in total. The Labute approximate surface area is 127 Å². The molecule has 0 amide bonds. The van der Waals surface area contributed by atoms with Crippen molar-refractivity contribution < 1.29 is 0 Å². The van der Waals surface area contributed by atoms with Crippen LogP contribution in [0.15, 0.2) is 24.3 Å². The molecular weight excluding hydrogens is 270 g/mol. The van der Waals surface area contributed by atoms with Crippen LogP contribution in [0.4, 0.5) is 0 Å². The molecule has 0 radical (unpaired) electrons. The first-order chi connectivity index (χ1) is 9.40. The van der Waals surface area contributed by atoms with Crippen molar-refractivity contribution in [1.82, 2.24) is 9.80 Å². The number of likely N-dealkylation sites (N-methyl/N-ethyl adjacent to an activating group) is 1. The third-order valence-corrected chi connectivity index (χ3v) is 4.58. The third-order valence-electron chi connectivity index (χ3n) is 4.35. The van der Waals surface area contributed by atoms with Crippen molar-refractivity contribution >= 4 is 11.6 Å². The van der Waals surface area contributed by atoms with Gasteiger partial charge in [-0.2, -0.15) is 0 Å². The fourth-order valence-corrected chi connectivity index (χ4v) is 3.62. The maximum atomic E-state index is 6.27. The van der Waals surface area contributed by atoms with Crippen LogP contribution in [0.3, 0.4) is 0 Å². The van der Waals surface area contributed by atoms with Crippen LogP contribution in [0, 0.1) is 5.92 Å². The normalized spacial score (nSPS) is 26.9. The standard InChI is InChI=1S/C16H26ClN3/c1-11-9-20(10-15(11)19(3)4)16(12(2)18)13-6-5-7-14(17)8-13/h5-8,11-12,15-16H,9-10,18H2,1-4H3. The van der Waals surface area contributed by atoms with E-state index >= 15 is 0 Å². The second-order valence-electron chi connectivity index (χ2n) is 6.32. The lowest BCUT2D eigenvalue weighted by Crippen LogP contribution is -2.40. The quantitative estimate of drug-likeness (QED) is 0.927. The number of rotatable bonds is 4. The fourth-order valence-electron chi connectivity index (χ4n) is 3.42. The largest absolute Gasteiger partial charge is 0.326 e. The molecule has 1 heterocycles. The molecule has 2 rings (SSSR count). The first-order valence-corrected chi connectivity index (χ1v) is 7.69. The first-order valence-electron chi connectivity index (χ1n) is 7.31. The molecule has 0 spiro atoms. The Morgan fingerprint density at radius 2 is 2.05 bits per heavy atom. The second kappa shape index (κ2) is 6.44. The van der Waals surface area contributed by atoms with Gasteiger partial charge in [-0.1, -0.05) is 30.7 Å². The van der Waals surface area contributed by atoms with Crippen LogP contribution in [-0.4, -0.2) is 49.1 Å². The zero-order valence-corrected chi connectivity index (χ0v) is 13.6. The number of nitrogens with two attached hydrogens (primary N) is 1. The lowest BCUT2D eigenvalue weighted by molar-refractivity contribution is 0.197. The molecule has 2 N–H and O–H groups in total. The molecule has 4 atom stereocenters. The first kappa shape index (κ1) is 15.8. The molecule has 1 aliphatic heterocycles. The van der Waals surface area contributed by atoms with Crippen molar-refractivity contribution in [2.24, 2.45) is 11.7 Å². The van der Waals surface area contributed by atoms with Crippen LogP contribution in [0.25, 0.3) is 0 Å². The molecule has 4 unspecified atom stereocenters. The van der Waals surface area contributed by atoms with Gasteiger partial charge in [0.1, 0.15) is 0 Å². The zero-order chi connectivity index (χ0) is 14.9. The highest BCUT2D eigenvalue weighted by Crippen LogP contribution is 2.32. The van der Waals surface area contributed by atoms with Gasteiger partial charge in [-0.25, -0.2) is 0 Å². The van der Waals surface area contributed by atoms with E-state index in [0.29, 0.717) is 12.0 Å². The summed E-state index contributed by atoms with van der Waals surface area (Å²) >= 11 is 6.14. The maximum absolute atomic E-state index is 6.27. The second-order valence-corrected chi connectivity index (χ2v) is 6.76. The molecule has 1 aromatic rings. The number of hydrogen-bond donors (Lipinski definition) is 1. The van der Waals surface area contributed by atoms with Gasteiger partial charge in [0.2, 0.25) is 0 Å². The topological polar surface area (TPSA) is 32.5 Å². The summed E-state index contributed by atoms with van der Waals surface area (Å²) in [7, 11) is 4.32. The van der Waals surface area contributed by atoms with E-state index in [1.54, 1.807) is 0 Å². The molecule has 1 fully saturated rings. The van der Waals surface area contributed by atoms with Crippen molar-refractivity contribution in [2.75, 3.05) is 27.2 Å². The van der Waals surface area contributed by atoms with Crippen LogP contribution in [0.1, 0.15) is 25.5 Å². The van der Waals surface area contributed by atoms with E-state index in [1.807, 2.05) is 18.2 Å². The molecular formula is C16H26ClN3. The number of halogens is 1. The lowest BCUT2D eigenvalue weighted by Gasteiger charge is -2.32. The van der Waals surface area contributed by atoms with Crippen LogP contribution in [-0.2, 0) is 0 Å². The molecule has 4 heteroatoms. The predicted octanol–water partition coefficient (Wildman–Crippen LogP) is 2.61. The Morgan fingerprint density at radius 1 is 1.35 bits per heavy atom. The zero-order valence-electron chi connectivity index (χ0n) is 12.9. The summed E-state index contributed by atoms with van der Waals surface area (Å²) in [6.07, 6.45) is 0. The van der Waals surface area contributed by atoms with Crippen LogP contribution < -0.4 is 5.73 Å². The van der Waals surface area contributed by atoms with Gasteiger partial charge in [0.05, 0.1) is 0 Å². The van der Waals surface area contributed by atoms with Gasteiger partial charge in [-0.05, 0) is 44.6 Å². The van der Waals surface area contributed by atoms with Gasteiger partial charge >= 0.3 is 0 Å². The molecule has 0 bridgehead atoms. The highest BCUT2D eigenvalue weighted by atomic mass is 35.5. The molecule has 1 aromatic carbocycles. The van der Waals surface area contributed by atoms with Gasteiger partial charge < -0.3 is 10.6 Å². The summed E-state index contributed by atoms with van der Waals surface area (Å²) in [4.78, 5) is 4.83. The van der Waals surface area contributed by atoms with E-state index in [-0.39, 0.29) is 12.1 Å². The van der Waals surface area contributed by atoms with Gasteiger partial charge in [-0.3, -0.25) is 4.90 Å². The van der Waals surface area contributed by atoms with E-state index < -0.39 is 0 Å². The SMILES string of the molecule is CC(N)C(c1cccc(Cl)c1)N1CC(C)C(N(C)C)C1. The summed E-state index contributed by atoms with van der Waals surface area (Å²) in [5.74, 6) is 0.658. The molecule has 112 valence electrons. The molecule has 0 aromatic heterocycles. The summed E-state index contributed by atoms with van der Waals surface area (Å²) in [6.45, 7) is 6.55. The van der Waals surface area contributed by atoms with Crippen molar-refractivity contribution in [1.29, 1.82) is 0 Å². The smallest absolute Gasteiger partial charge is 0.0497 e. The highest BCUT2D eigenvalue weighted by Gasteiger charge is 2.36. The Kier molecular flexibility index (Phi) is 5.08. The Balaban J connectivity index is 2.23. The number of likely N-dealkylation sites (tertiary alicyclic amines) is 1. The van der Waals surface area contributed by atoms with Crippen molar-refractivity contribution in [2.45, 2.75) is 32.0 Å². The van der Waals surface area contributed by atoms with Crippen LogP contribution in [0.5, 0.6) is 0 Å². The van der Waals surface area contributed by atoms with E-state index in [9.17, 15) is 0 Å². The van der Waals surface area contributed by atoms with Crippen molar-refractivity contribution in [3.63, 3.8) is 0 Å². The summed E-state index contributed by atoms with van der Waals surface area (Å²) < 4.78 is 0. The molecule has 20 heavy (non-hydrogen) atoms. The van der Waals surface area contributed by atoms with E-state index in [1.165, 1.54) is 5.56 Å². The monoisotopic (exact) mass is 295 g/mol. The van der Waals surface area contributed by atoms with Crippen molar-refractivity contribution in [3.8, 4) is 0 Å². The van der Waals surface area contributed by atoms with Gasteiger partial charge in [0.25, 0.3) is 0 Å². The molecule has 0 saturated carbocycles. The number of nitrogens with zero attached hydrogens (tertiary/aromatic N) is 2. The van der Waals surface area contributed by atoms with Crippen molar-refractivity contribution in [3.05, 3.63) is 34.9 Å². The average molecular weight is 296 g/mol. The lowest BCUT2D eigenvalue weighted by atomic mass is 9.99. The van der Waals surface area contributed by atoms with Crippen LogP contribution in [0.2, 0.25) is 5.02 Å². The Morgan fingerprint density at radius 3 is 2.55 bits per heavy atom. The van der Waals surface area contributed by atoms with Crippen LogP contribution >= 0.6 is 11.6 Å². The predicted molar refractivity (Wildman–Crippen MR) is 86.1 cm³/mol. The number of hydrogen-bond acceptors (Lipinski definition) is 3. The molecule has 1 saturated heterocycles. The third kappa shape index (κ3) is 3.34. The van der Waals surface area contributed by atoms with E-state index in [2.05, 4.69) is 43.8 Å². The van der Waals surface area contributed by atoms with Gasteiger partial charge in [0, 0.05) is 36.2 Å². The Bertz CT molecular complexity index is 447. The van der Waals surface area contributed by atoms with Gasteiger partial charge in [-0.15, -0.1) is 0 Å². The summed E-state index contributed by atoms with van der Waals surface area (Å²) in [6, 6.07) is 9.02. The minimum Gasteiger partial charge on any atom is -0.326 e.